The van der Waals surface area contributed by atoms with Gasteiger partial charge in [0.2, 0.25) is 0 Å². The van der Waals surface area contributed by atoms with Gasteiger partial charge >= 0.3 is 12.0 Å². The van der Waals surface area contributed by atoms with Crippen molar-refractivity contribution in [3.63, 3.8) is 0 Å². The van der Waals surface area contributed by atoms with Crippen LogP contribution in [0.1, 0.15) is 27.2 Å². The highest BCUT2D eigenvalue weighted by Gasteiger charge is 2.33. The number of hydrogen-bond donors (Lipinski definition) is 2. The first kappa shape index (κ1) is 15.1. The van der Waals surface area contributed by atoms with E-state index in [-0.39, 0.29) is 6.03 Å². The summed E-state index contributed by atoms with van der Waals surface area (Å²) in [5.41, 5.74) is -0.498. The van der Waals surface area contributed by atoms with E-state index in [2.05, 4.69) is 5.32 Å². The van der Waals surface area contributed by atoms with Crippen molar-refractivity contribution in [1.82, 2.24) is 10.2 Å². The van der Waals surface area contributed by atoms with E-state index in [4.69, 9.17) is 0 Å². The molecule has 1 heterocycles. The molecule has 1 aliphatic rings. The van der Waals surface area contributed by atoms with E-state index in [0.717, 1.165) is 17.9 Å². The fourth-order valence-electron chi connectivity index (χ4n) is 1.81. The Balaban J connectivity index is 2.63. The molecule has 2 amide bonds. The molecule has 1 aliphatic heterocycles. The zero-order valence-corrected chi connectivity index (χ0v) is 12.0. The number of urea groups is 1. The lowest BCUT2D eigenvalue weighted by atomic mass is 9.87. The van der Waals surface area contributed by atoms with Gasteiger partial charge < -0.3 is 15.3 Å². The normalized spacial score (nSPS) is 18.9. The van der Waals surface area contributed by atoms with Crippen molar-refractivity contribution < 1.29 is 14.7 Å². The second-order valence-electron chi connectivity index (χ2n) is 5.54. The zero-order chi connectivity index (χ0) is 13.8. The summed E-state index contributed by atoms with van der Waals surface area (Å²) in [5, 5.41) is 11.8. The van der Waals surface area contributed by atoms with Crippen molar-refractivity contribution in [3.8, 4) is 0 Å². The van der Waals surface area contributed by atoms with Crippen LogP contribution in [0, 0.1) is 5.41 Å². The first-order valence-corrected chi connectivity index (χ1v) is 7.34. The molecule has 18 heavy (non-hydrogen) atoms. The molecular formula is C12H22N2O3S. The van der Waals surface area contributed by atoms with Crippen LogP contribution in [0.5, 0.6) is 0 Å². The fourth-order valence-corrected chi connectivity index (χ4v) is 2.70. The standard InChI is InChI=1S/C12H22N2O3S/c1-12(2,3)9(10(15)16)13-11(17)14-5-4-7-18-8-6-14/h9H,4-8H2,1-3H3,(H,13,17)(H,15,16)/t9-/m1/s1. The van der Waals surface area contributed by atoms with Crippen LogP contribution in [0.15, 0.2) is 0 Å². The number of carboxylic acid groups (broad SMARTS) is 1. The molecule has 1 saturated heterocycles. The summed E-state index contributed by atoms with van der Waals surface area (Å²) in [6.07, 6.45) is 0.964. The van der Waals surface area contributed by atoms with Gasteiger partial charge in [-0.1, -0.05) is 20.8 Å². The van der Waals surface area contributed by atoms with Crippen LogP contribution in [-0.4, -0.2) is 52.6 Å². The average molecular weight is 274 g/mol. The van der Waals surface area contributed by atoms with Gasteiger partial charge in [0, 0.05) is 18.8 Å². The topological polar surface area (TPSA) is 69.6 Å². The summed E-state index contributed by atoms with van der Waals surface area (Å²) in [6.45, 7) is 6.82. The largest absolute Gasteiger partial charge is 0.480 e. The van der Waals surface area contributed by atoms with Crippen LogP contribution < -0.4 is 5.32 Å². The van der Waals surface area contributed by atoms with E-state index in [1.807, 2.05) is 32.5 Å². The predicted octanol–water partition coefficient (Wildman–Crippen LogP) is 1.63. The van der Waals surface area contributed by atoms with Crippen molar-refractivity contribution in [3.05, 3.63) is 0 Å². The highest BCUT2D eigenvalue weighted by molar-refractivity contribution is 7.99. The van der Waals surface area contributed by atoms with Crippen molar-refractivity contribution in [2.24, 2.45) is 5.41 Å². The molecule has 0 aliphatic carbocycles. The van der Waals surface area contributed by atoms with Crippen molar-refractivity contribution in [1.29, 1.82) is 0 Å². The molecule has 0 aromatic rings. The summed E-state index contributed by atoms with van der Waals surface area (Å²) < 4.78 is 0. The number of hydrogen-bond acceptors (Lipinski definition) is 3. The number of carboxylic acids is 1. The maximum atomic E-state index is 12.1. The molecule has 5 nitrogen and oxygen atoms in total. The van der Waals surface area contributed by atoms with E-state index >= 15 is 0 Å². The van der Waals surface area contributed by atoms with E-state index < -0.39 is 17.4 Å². The molecule has 0 bridgehead atoms. The summed E-state index contributed by atoms with van der Waals surface area (Å²) in [7, 11) is 0. The second kappa shape index (κ2) is 6.31. The third-order valence-electron chi connectivity index (χ3n) is 2.89. The van der Waals surface area contributed by atoms with Crippen molar-refractivity contribution >= 4 is 23.8 Å². The smallest absolute Gasteiger partial charge is 0.326 e. The van der Waals surface area contributed by atoms with Crippen LogP contribution in [0.4, 0.5) is 4.79 Å². The number of carbonyl (C=O) groups excluding carboxylic acids is 1. The first-order chi connectivity index (χ1) is 8.32. The molecule has 0 radical (unpaired) electrons. The number of nitrogens with one attached hydrogen (secondary N) is 1. The van der Waals surface area contributed by atoms with E-state index in [1.165, 1.54) is 0 Å². The van der Waals surface area contributed by atoms with Gasteiger partial charge in [0.05, 0.1) is 0 Å². The lowest BCUT2D eigenvalue weighted by molar-refractivity contribution is -0.142. The summed E-state index contributed by atoms with van der Waals surface area (Å²) in [6, 6.07) is -1.12. The fraction of sp³-hybridized carbons (Fsp3) is 0.833. The second-order valence-corrected chi connectivity index (χ2v) is 6.76. The lowest BCUT2D eigenvalue weighted by Crippen LogP contribution is -2.53. The highest BCUT2D eigenvalue weighted by atomic mass is 32.2. The molecule has 0 unspecified atom stereocenters. The summed E-state index contributed by atoms with van der Waals surface area (Å²) >= 11 is 1.83. The molecule has 1 atom stereocenters. The molecular weight excluding hydrogens is 252 g/mol. The molecule has 104 valence electrons. The van der Waals surface area contributed by atoms with Crippen LogP contribution in [0.3, 0.4) is 0 Å². The molecule has 1 fully saturated rings. The van der Waals surface area contributed by atoms with Gasteiger partial charge in [-0.25, -0.2) is 9.59 Å². The Morgan fingerprint density at radius 1 is 1.28 bits per heavy atom. The number of amides is 2. The Morgan fingerprint density at radius 2 is 1.94 bits per heavy atom. The minimum absolute atomic E-state index is 0.264. The van der Waals surface area contributed by atoms with Gasteiger partial charge in [-0.3, -0.25) is 0 Å². The van der Waals surface area contributed by atoms with E-state index in [9.17, 15) is 14.7 Å². The van der Waals surface area contributed by atoms with Crippen molar-refractivity contribution in [2.75, 3.05) is 24.6 Å². The van der Waals surface area contributed by atoms with Gasteiger partial charge in [-0.05, 0) is 17.6 Å². The number of carbonyl (C=O) groups is 2. The van der Waals surface area contributed by atoms with Crippen LogP contribution >= 0.6 is 11.8 Å². The van der Waals surface area contributed by atoms with Gasteiger partial charge in [0.25, 0.3) is 0 Å². The Labute approximate surface area is 112 Å². The van der Waals surface area contributed by atoms with Crippen LogP contribution in [-0.2, 0) is 4.79 Å². The third-order valence-corrected chi connectivity index (χ3v) is 3.94. The molecule has 0 aromatic heterocycles. The SMILES string of the molecule is CC(C)(C)[C@H](NC(=O)N1CCCSCC1)C(=O)O. The Kier molecular flexibility index (Phi) is 5.31. The van der Waals surface area contributed by atoms with E-state index in [0.29, 0.717) is 13.1 Å². The van der Waals surface area contributed by atoms with Crippen molar-refractivity contribution in [2.45, 2.75) is 33.2 Å². The summed E-state index contributed by atoms with van der Waals surface area (Å²) in [4.78, 5) is 25.0. The quantitative estimate of drug-likeness (QED) is 0.803. The Hall–Kier alpha value is -0.910. The summed E-state index contributed by atoms with van der Waals surface area (Å²) in [5.74, 6) is 0.992. The highest BCUT2D eigenvalue weighted by Crippen LogP contribution is 2.20. The average Bonchev–Trinajstić information content (AvgIpc) is 2.51. The Bertz CT molecular complexity index is 307. The third kappa shape index (κ3) is 4.40. The van der Waals surface area contributed by atoms with E-state index in [1.54, 1.807) is 4.90 Å². The minimum Gasteiger partial charge on any atom is -0.480 e. The number of thioether (sulfide) groups is 1. The molecule has 0 spiro atoms. The minimum atomic E-state index is -0.986. The van der Waals surface area contributed by atoms with Crippen LogP contribution in [0.2, 0.25) is 0 Å². The molecule has 1 rings (SSSR count). The maximum Gasteiger partial charge on any atom is 0.326 e. The number of aliphatic carboxylic acids is 1. The van der Waals surface area contributed by atoms with Gasteiger partial charge in [0.15, 0.2) is 0 Å². The molecule has 0 saturated carbocycles. The maximum absolute atomic E-state index is 12.1. The van der Waals surface area contributed by atoms with Gasteiger partial charge in [-0.15, -0.1) is 0 Å². The zero-order valence-electron chi connectivity index (χ0n) is 11.2. The first-order valence-electron chi connectivity index (χ1n) is 6.18. The Morgan fingerprint density at radius 3 is 2.50 bits per heavy atom. The molecule has 2 N–H and O–H groups in total. The number of rotatable bonds is 2. The monoisotopic (exact) mass is 274 g/mol. The molecule has 0 aromatic carbocycles. The van der Waals surface area contributed by atoms with Crippen LogP contribution in [0.25, 0.3) is 0 Å². The van der Waals surface area contributed by atoms with Gasteiger partial charge in [0.1, 0.15) is 6.04 Å². The molecule has 6 heteroatoms. The van der Waals surface area contributed by atoms with Gasteiger partial charge in [-0.2, -0.15) is 11.8 Å². The predicted molar refractivity (Wildman–Crippen MR) is 72.9 cm³/mol. The number of nitrogens with zero attached hydrogens (tertiary/aromatic N) is 1. The lowest BCUT2D eigenvalue weighted by Gasteiger charge is -2.30.